The van der Waals surface area contributed by atoms with Gasteiger partial charge in [-0.25, -0.2) is 0 Å². The Bertz CT molecular complexity index is 1260. The van der Waals surface area contributed by atoms with Crippen molar-refractivity contribution in [2.75, 3.05) is 0 Å². The Morgan fingerprint density at radius 3 is 2.18 bits per heavy atom. The number of halogens is 4. The van der Waals surface area contributed by atoms with Gasteiger partial charge in [0.1, 0.15) is 10.6 Å². The maximum Gasteiger partial charge on any atom is 0.416 e. The van der Waals surface area contributed by atoms with Crippen LogP contribution in [0.4, 0.5) is 13.2 Å². The highest BCUT2D eigenvalue weighted by atomic mass is 79.9. The monoisotopic (exact) mass is 555 g/mol. The van der Waals surface area contributed by atoms with Crippen LogP contribution in [0.1, 0.15) is 35.3 Å². The normalized spacial score (nSPS) is 12.0. The van der Waals surface area contributed by atoms with E-state index in [1.807, 2.05) is 13.8 Å². The lowest BCUT2D eigenvalue weighted by Gasteiger charge is -2.27. The molecule has 0 atom stereocenters. The summed E-state index contributed by atoms with van der Waals surface area (Å²) < 4.78 is 69.5. The highest BCUT2D eigenvalue weighted by Gasteiger charge is 2.32. The zero-order valence-corrected chi connectivity index (χ0v) is 20.6. The van der Waals surface area contributed by atoms with Crippen LogP contribution in [-0.2, 0) is 22.8 Å². The Labute approximate surface area is 204 Å². The van der Waals surface area contributed by atoms with E-state index in [9.17, 15) is 26.4 Å². The molecule has 0 fully saturated rings. The van der Waals surface area contributed by atoms with Crippen LogP contribution in [0.15, 0.2) is 82.2 Å². The standard InChI is InChI=1S/C24H21BrF3NO4S/c1-16(2)29(23(30)18-8-10-20(25)11-9-18)15-17-6-12-21(13-7-17)33-34(31,32)22-5-3-4-19(14-22)24(26,27)28/h3-14,16H,15H2,1-2H3. The van der Waals surface area contributed by atoms with E-state index in [2.05, 4.69) is 15.9 Å². The van der Waals surface area contributed by atoms with Crippen LogP contribution in [0.2, 0.25) is 0 Å². The summed E-state index contributed by atoms with van der Waals surface area (Å²) in [6, 6.07) is 16.2. The van der Waals surface area contributed by atoms with Gasteiger partial charge < -0.3 is 9.08 Å². The average Bonchev–Trinajstić information content (AvgIpc) is 2.78. The maximum atomic E-state index is 12.9. The van der Waals surface area contributed by atoms with Crippen molar-refractivity contribution in [3.8, 4) is 5.75 Å². The quantitative estimate of drug-likeness (QED) is 0.321. The first-order valence-electron chi connectivity index (χ1n) is 10.1. The molecule has 3 rings (SSSR count). The number of rotatable bonds is 7. The number of alkyl halides is 3. The lowest BCUT2D eigenvalue weighted by molar-refractivity contribution is -0.137. The van der Waals surface area contributed by atoms with E-state index < -0.39 is 26.8 Å². The fourth-order valence-corrected chi connectivity index (χ4v) is 4.34. The first-order chi connectivity index (χ1) is 15.9. The van der Waals surface area contributed by atoms with E-state index in [-0.39, 0.29) is 24.2 Å². The van der Waals surface area contributed by atoms with Gasteiger partial charge in [-0.15, -0.1) is 0 Å². The van der Waals surface area contributed by atoms with Crippen molar-refractivity contribution in [1.29, 1.82) is 0 Å². The Morgan fingerprint density at radius 1 is 1.00 bits per heavy atom. The molecule has 0 saturated heterocycles. The molecule has 0 unspecified atom stereocenters. The van der Waals surface area contributed by atoms with Gasteiger partial charge in [0, 0.05) is 22.6 Å². The summed E-state index contributed by atoms with van der Waals surface area (Å²) in [5, 5.41) is 0. The molecule has 10 heteroatoms. The minimum Gasteiger partial charge on any atom is -0.379 e. The van der Waals surface area contributed by atoms with Crippen molar-refractivity contribution in [3.63, 3.8) is 0 Å². The Balaban J connectivity index is 1.75. The van der Waals surface area contributed by atoms with E-state index in [0.717, 1.165) is 28.2 Å². The molecule has 0 radical (unpaired) electrons. The molecule has 3 aromatic rings. The van der Waals surface area contributed by atoms with Crippen LogP contribution in [0, 0.1) is 0 Å². The van der Waals surface area contributed by atoms with E-state index in [1.165, 1.54) is 12.1 Å². The SMILES string of the molecule is CC(C)N(Cc1ccc(OS(=O)(=O)c2cccc(C(F)(F)F)c2)cc1)C(=O)c1ccc(Br)cc1. The van der Waals surface area contributed by atoms with Gasteiger partial charge in [-0.1, -0.05) is 34.1 Å². The molecule has 0 bridgehead atoms. The molecule has 1 amide bonds. The number of hydrogen-bond donors (Lipinski definition) is 0. The van der Waals surface area contributed by atoms with Gasteiger partial charge in [-0.05, 0) is 74.0 Å². The molecule has 0 aliphatic rings. The minimum atomic E-state index is -4.68. The van der Waals surface area contributed by atoms with Crippen molar-refractivity contribution in [2.24, 2.45) is 0 Å². The van der Waals surface area contributed by atoms with Crippen molar-refractivity contribution in [3.05, 3.63) is 94.0 Å². The van der Waals surface area contributed by atoms with Crippen LogP contribution in [-0.4, -0.2) is 25.3 Å². The lowest BCUT2D eigenvalue weighted by Crippen LogP contribution is -2.36. The summed E-state index contributed by atoms with van der Waals surface area (Å²) in [4.78, 5) is 14.0. The molecule has 0 N–H and O–H groups in total. The van der Waals surface area contributed by atoms with Crippen LogP contribution in [0.3, 0.4) is 0 Å². The molecule has 34 heavy (non-hydrogen) atoms. The van der Waals surface area contributed by atoms with Gasteiger partial charge in [-0.3, -0.25) is 4.79 Å². The van der Waals surface area contributed by atoms with Gasteiger partial charge in [0.15, 0.2) is 0 Å². The fraction of sp³-hybridized carbons (Fsp3) is 0.208. The van der Waals surface area contributed by atoms with Gasteiger partial charge in [0.2, 0.25) is 0 Å². The third-order valence-electron chi connectivity index (χ3n) is 4.91. The van der Waals surface area contributed by atoms with Crippen molar-refractivity contribution >= 4 is 32.0 Å². The predicted octanol–water partition coefficient (Wildman–Crippen LogP) is 6.29. The summed E-state index contributed by atoms with van der Waals surface area (Å²) >= 11 is 3.34. The number of amides is 1. The van der Waals surface area contributed by atoms with E-state index in [0.29, 0.717) is 11.6 Å². The molecular formula is C24H21BrF3NO4S. The number of benzene rings is 3. The third kappa shape index (κ3) is 6.38. The van der Waals surface area contributed by atoms with Gasteiger partial charge in [0.05, 0.1) is 5.56 Å². The molecule has 0 heterocycles. The van der Waals surface area contributed by atoms with Gasteiger partial charge in [-0.2, -0.15) is 21.6 Å². The van der Waals surface area contributed by atoms with Gasteiger partial charge in [0.25, 0.3) is 5.91 Å². The molecular weight excluding hydrogens is 535 g/mol. The second-order valence-corrected chi connectivity index (χ2v) is 10.2. The second kappa shape index (κ2) is 10.2. The summed E-state index contributed by atoms with van der Waals surface area (Å²) in [7, 11) is -4.47. The van der Waals surface area contributed by atoms with E-state index >= 15 is 0 Å². The first kappa shape index (κ1) is 25.8. The van der Waals surface area contributed by atoms with Crippen LogP contribution >= 0.6 is 15.9 Å². The molecule has 5 nitrogen and oxygen atoms in total. The predicted molar refractivity (Wildman–Crippen MR) is 125 cm³/mol. The van der Waals surface area contributed by atoms with Crippen molar-refractivity contribution in [2.45, 2.75) is 37.5 Å². The third-order valence-corrected chi connectivity index (χ3v) is 6.68. The zero-order valence-electron chi connectivity index (χ0n) is 18.2. The smallest absolute Gasteiger partial charge is 0.379 e. The summed E-state index contributed by atoms with van der Waals surface area (Å²) in [5.41, 5.74) is 0.170. The number of nitrogens with zero attached hydrogens (tertiary/aromatic N) is 1. The Morgan fingerprint density at radius 2 is 1.62 bits per heavy atom. The topological polar surface area (TPSA) is 63.7 Å². The minimum absolute atomic E-state index is 0.0588. The van der Waals surface area contributed by atoms with Crippen molar-refractivity contribution < 1.29 is 30.6 Å². The molecule has 3 aromatic carbocycles. The first-order valence-corrected chi connectivity index (χ1v) is 12.3. The average molecular weight is 556 g/mol. The molecule has 0 saturated carbocycles. The number of carbonyl (C=O) groups is 1. The highest BCUT2D eigenvalue weighted by molar-refractivity contribution is 9.10. The Hall–Kier alpha value is -2.85. The molecule has 0 aromatic heterocycles. The van der Waals surface area contributed by atoms with E-state index in [4.69, 9.17) is 4.18 Å². The summed E-state index contributed by atoms with van der Waals surface area (Å²) in [5.74, 6) is -0.216. The number of hydrogen-bond acceptors (Lipinski definition) is 4. The highest BCUT2D eigenvalue weighted by Crippen LogP contribution is 2.31. The zero-order chi connectivity index (χ0) is 25.1. The number of carbonyl (C=O) groups excluding carboxylic acids is 1. The molecule has 0 aliphatic carbocycles. The molecule has 0 aliphatic heterocycles. The Kier molecular flexibility index (Phi) is 7.72. The van der Waals surface area contributed by atoms with Crippen LogP contribution in [0.5, 0.6) is 5.75 Å². The van der Waals surface area contributed by atoms with Gasteiger partial charge >= 0.3 is 16.3 Å². The summed E-state index contributed by atoms with van der Waals surface area (Å²) in [6.45, 7) is 4.04. The second-order valence-electron chi connectivity index (χ2n) is 7.74. The largest absolute Gasteiger partial charge is 0.416 e. The molecule has 0 spiro atoms. The lowest BCUT2D eigenvalue weighted by atomic mass is 10.1. The van der Waals surface area contributed by atoms with Crippen molar-refractivity contribution in [1.82, 2.24) is 4.90 Å². The van der Waals surface area contributed by atoms with Crippen LogP contribution < -0.4 is 4.18 Å². The van der Waals surface area contributed by atoms with E-state index in [1.54, 1.807) is 41.3 Å². The molecule has 180 valence electrons. The summed E-state index contributed by atoms with van der Waals surface area (Å²) in [6.07, 6.45) is -4.68. The van der Waals surface area contributed by atoms with Crippen LogP contribution in [0.25, 0.3) is 0 Å². The maximum absolute atomic E-state index is 12.9. The fourth-order valence-electron chi connectivity index (χ4n) is 3.10.